The van der Waals surface area contributed by atoms with Gasteiger partial charge in [-0.15, -0.1) is 11.8 Å². The summed E-state index contributed by atoms with van der Waals surface area (Å²) in [6.07, 6.45) is 6.85. The minimum Gasteiger partial charge on any atom is -0.324 e. The fraction of sp³-hybridized carbons (Fsp3) is 0.333. The lowest BCUT2D eigenvalue weighted by molar-refractivity contribution is -0.117. The molecule has 4 aromatic rings. The maximum Gasteiger partial charge on any atom is 0.229 e. The highest BCUT2D eigenvalue weighted by Gasteiger charge is 2.16. The third kappa shape index (κ3) is 4.01. The van der Waals surface area contributed by atoms with Gasteiger partial charge in [-0.25, -0.2) is 9.67 Å². The summed E-state index contributed by atoms with van der Waals surface area (Å²) in [5.74, 6) is 1.23. The van der Waals surface area contributed by atoms with Crippen LogP contribution in [0.25, 0.3) is 16.7 Å². The molecule has 1 aliphatic rings. The number of hydrogen-bond donors (Lipinski definition) is 1. The van der Waals surface area contributed by atoms with Gasteiger partial charge in [0.25, 0.3) is 0 Å². The molecule has 0 unspecified atom stereocenters. The topological polar surface area (TPSA) is 85.9 Å². The molecule has 0 amide bonds. The van der Waals surface area contributed by atoms with E-state index in [2.05, 4.69) is 37.6 Å². The Balaban J connectivity index is 1.39. The van der Waals surface area contributed by atoms with Crippen LogP contribution in [0.3, 0.4) is 0 Å². The summed E-state index contributed by atoms with van der Waals surface area (Å²) < 4.78 is 3.69. The van der Waals surface area contributed by atoms with Gasteiger partial charge < -0.3 is 5.32 Å². The lowest BCUT2D eigenvalue weighted by Gasteiger charge is -2.12. The molecule has 1 aromatic carbocycles. The zero-order valence-corrected chi connectivity index (χ0v) is 18.6. The van der Waals surface area contributed by atoms with Crippen molar-refractivity contribution in [3.8, 4) is 5.82 Å². The molecule has 9 nitrogen and oxygen atoms in total. The minimum atomic E-state index is 0.518. The highest BCUT2D eigenvalue weighted by atomic mass is 32.2. The summed E-state index contributed by atoms with van der Waals surface area (Å²) in [6.45, 7) is 4.47. The molecule has 0 radical (unpaired) electrons. The molecular formula is C21H24N8OS. The predicted molar refractivity (Wildman–Crippen MR) is 121 cm³/mol. The summed E-state index contributed by atoms with van der Waals surface area (Å²) in [4.78, 5) is 14.7. The molecule has 1 N–H and O–H groups in total. The first-order valence-electron chi connectivity index (χ1n) is 10.1. The second-order valence-electron chi connectivity index (χ2n) is 7.46. The molecule has 0 aliphatic carbocycles. The first-order chi connectivity index (χ1) is 15.1. The second-order valence-corrected chi connectivity index (χ2v) is 8.26. The molecule has 10 heteroatoms. The molecule has 160 valence electrons. The molecule has 1 fully saturated rings. The van der Waals surface area contributed by atoms with Gasteiger partial charge in [0.2, 0.25) is 5.95 Å². The van der Waals surface area contributed by atoms with Crippen molar-refractivity contribution in [2.24, 2.45) is 7.05 Å². The number of aromatic nitrogens is 6. The monoisotopic (exact) mass is 436 g/mol. The Kier molecular flexibility index (Phi) is 5.34. The van der Waals surface area contributed by atoms with Gasteiger partial charge in [0, 0.05) is 48.7 Å². The lowest BCUT2D eigenvalue weighted by Crippen LogP contribution is -2.17. The summed E-state index contributed by atoms with van der Waals surface area (Å²) in [6, 6.07) is 7.99. The van der Waals surface area contributed by atoms with Crippen LogP contribution in [0, 0.1) is 6.92 Å². The highest BCUT2D eigenvalue weighted by molar-refractivity contribution is 7.98. The van der Waals surface area contributed by atoms with Crippen LogP contribution >= 0.6 is 11.8 Å². The van der Waals surface area contributed by atoms with Crippen molar-refractivity contribution in [3.63, 3.8) is 0 Å². The number of fused-ring (bicyclic) bond motifs is 1. The van der Waals surface area contributed by atoms with E-state index in [1.54, 1.807) is 22.6 Å². The minimum absolute atomic E-state index is 0.518. The van der Waals surface area contributed by atoms with E-state index < -0.39 is 0 Å². The lowest BCUT2D eigenvalue weighted by atomic mass is 10.2. The Morgan fingerprint density at radius 1 is 1.23 bits per heavy atom. The van der Waals surface area contributed by atoms with Crippen LogP contribution in [0.1, 0.15) is 17.7 Å². The summed E-state index contributed by atoms with van der Waals surface area (Å²) in [5.41, 5.74) is 4.10. The summed E-state index contributed by atoms with van der Waals surface area (Å²) in [7, 11) is 1.96. The SMILES string of the molecule is CSc1nn(C)c2ccc(Nc3nccc(-n4cc(CN5CCCO5)c(C)n4)n3)cc12. The van der Waals surface area contributed by atoms with Crippen LogP contribution in [-0.2, 0) is 18.4 Å². The molecule has 1 saturated heterocycles. The molecule has 3 aromatic heterocycles. The molecular weight excluding hydrogens is 412 g/mol. The van der Waals surface area contributed by atoms with Crippen molar-refractivity contribution < 1.29 is 4.84 Å². The number of nitrogens with zero attached hydrogens (tertiary/aromatic N) is 7. The van der Waals surface area contributed by atoms with Crippen molar-refractivity contribution in [2.75, 3.05) is 24.7 Å². The van der Waals surface area contributed by atoms with Crippen LogP contribution in [0.4, 0.5) is 11.6 Å². The molecule has 5 rings (SSSR count). The van der Waals surface area contributed by atoms with Gasteiger partial charge in [-0.1, -0.05) is 0 Å². The zero-order chi connectivity index (χ0) is 21.4. The van der Waals surface area contributed by atoms with E-state index >= 15 is 0 Å². The van der Waals surface area contributed by atoms with Crippen LogP contribution in [-0.4, -0.2) is 54.0 Å². The number of aryl methyl sites for hydroxylation is 2. The smallest absolute Gasteiger partial charge is 0.229 e. The number of hydrogen-bond acceptors (Lipinski definition) is 8. The van der Waals surface area contributed by atoms with Crippen molar-refractivity contribution in [1.82, 2.24) is 34.6 Å². The second kappa shape index (κ2) is 8.29. The van der Waals surface area contributed by atoms with E-state index in [1.165, 1.54) is 0 Å². The third-order valence-corrected chi connectivity index (χ3v) is 6.00. The first kappa shape index (κ1) is 20.0. The van der Waals surface area contributed by atoms with Gasteiger partial charge in [0.05, 0.1) is 24.4 Å². The molecule has 0 saturated carbocycles. The predicted octanol–water partition coefficient (Wildman–Crippen LogP) is 3.46. The maximum absolute atomic E-state index is 5.61. The van der Waals surface area contributed by atoms with Gasteiger partial charge in [0.1, 0.15) is 5.03 Å². The zero-order valence-electron chi connectivity index (χ0n) is 17.7. The summed E-state index contributed by atoms with van der Waals surface area (Å²) >= 11 is 1.63. The number of anilines is 2. The number of thioether (sulfide) groups is 1. The Labute approximate surface area is 184 Å². The standard InChI is InChI=1S/C21H24N8OS/c1-14-15(12-28-9-4-10-30-28)13-29(25-14)19-7-8-22-21(24-19)23-16-5-6-18-17(11-16)20(31-3)26-27(18)2/h5-8,11,13H,4,9-10,12H2,1-3H3,(H,22,23,24). The Morgan fingerprint density at radius 2 is 2.13 bits per heavy atom. The van der Waals surface area contributed by atoms with Gasteiger partial charge in [0.15, 0.2) is 5.82 Å². The number of nitrogens with one attached hydrogen (secondary N) is 1. The van der Waals surface area contributed by atoms with Crippen LogP contribution in [0.5, 0.6) is 0 Å². The van der Waals surface area contributed by atoms with E-state index in [4.69, 9.17) is 4.84 Å². The van der Waals surface area contributed by atoms with E-state index in [9.17, 15) is 0 Å². The van der Waals surface area contributed by atoms with Crippen LogP contribution in [0.15, 0.2) is 41.7 Å². The van der Waals surface area contributed by atoms with Crippen molar-refractivity contribution in [3.05, 3.63) is 47.9 Å². The fourth-order valence-corrected chi connectivity index (χ4v) is 4.30. The van der Waals surface area contributed by atoms with Crippen molar-refractivity contribution in [1.29, 1.82) is 0 Å². The normalized spacial score (nSPS) is 14.5. The Hall–Kier alpha value is -2.95. The highest BCUT2D eigenvalue weighted by Crippen LogP contribution is 2.28. The third-order valence-electron chi connectivity index (χ3n) is 5.31. The quantitative estimate of drug-likeness (QED) is 0.460. The van der Waals surface area contributed by atoms with Crippen molar-refractivity contribution in [2.45, 2.75) is 24.9 Å². The van der Waals surface area contributed by atoms with Gasteiger partial charge in [-0.2, -0.15) is 20.2 Å². The number of hydroxylamine groups is 2. The first-order valence-corrected chi connectivity index (χ1v) is 11.4. The molecule has 4 heterocycles. The largest absolute Gasteiger partial charge is 0.324 e. The Bertz CT molecular complexity index is 1230. The molecule has 0 atom stereocenters. The van der Waals surface area contributed by atoms with Gasteiger partial charge in [-0.3, -0.25) is 9.52 Å². The van der Waals surface area contributed by atoms with E-state index in [1.807, 2.05) is 48.3 Å². The fourth-order valence-electron chi connectivity index (χ4n) is 3.71. The van der Waals surface area contributed by atoms with Crippen molar-refractivity contribution >= 4 is 34.3 Å². The molecule has 0 spiro atoms. The van der Waals surface area contributed by atoms with E-state index in [0.29, 0.717) is 11.8 Å². The maximum atomic E-state index is 5.61. The van der Waals surface area contributed by atoms with Crippen LogP contribution < -0.4 is 5.32 Å². The molecule has 1 aliphatic heterocycles. The average Bonchev–Trinajstić information content (AvgIpc) is 3.49. The molecule has 31 heavy (non-hydrogen) atoms. The summed E-state index contributed by atoms with van der Waals surface area (Å²) in [5, 5.41) is 16.6. The molecule has 0 bridgehead atoms. The number of rotatable bonds is 6. The van der Waals surface area contributed by atoms with Gasteiger partial charge >= 0.3 is 0 Å². The van der Waals surface area contributed by atoms with Crippen LogP contribution in [0.2, 0.25) is 0 Å². The number of benzene rings is 1. The average molecular weight is 437 g/mol. The Morgan fingerprint density at radius 3 is 2.94 bits per heavy atom. The van der Waals surface area contributed by atoms with E-state index in [0.717, 1.165) is 59.0 Å². The van der Waals surface area contributed by atoms with E-state index in [-0.39, 0.29) is 0 Å². The van der Waals surface area contributed by atoms with Gasteiger partial charge in [-0.05, 0) is 37.8 Å².